The van der Waals surface area contributed by atoms with Crippen LogP contribution < -0.4 is 19.5 Å². The number of carbonyl (C=O) groups excluding carboxylic acids is 1. The monoisotopic (exact) mass is 702 g/mol. The van der Waals surface area contributed by atoms with E-state index < -0.39 is 49.0 Å². The fourth-order valence-electron chi connectivity index (χ4n) is 5.78. The number of hydrogen-bond acceptors (Lipinski definition) is 10. The standard InChI is InChI=1S/C32H35FN4O9S2/c1-19-14-20(11-12-24(19)28-17-29(39)37-48(28,44)45)15-25(36-47(42,43)23-8-4-6-21(33)16-23)31-34-18-22(35-31)7-2-3-13-46-27-10-5-9-26(38)30(27)32(40)41/h4-6,8-12,14,16,22,25,28,36,38H,2-3,7,13,15,17-18H2,1H3,(H,34,35)(H,37,39)(H,40,41)/t22-,25?,28?/m1/s1. The third-order valence-electron chi connectivity index (χ3n) is 8.11. The molecule has 3 atom stereocenters. The first-order valence-electron chi connectivity index (χ1n) is 15.1. The molecule has 1 fully saturated rings. The molecule has 1 saturated heterocycles. The molecule has 0 radical (unpaired) electrons. The summed E-state index contributed by atoms with van der Waals surface area (Å²) in [4.78, 5) is 27.6. The summed E-state index contributed by atoms with van der Waals surface area (Å²) in [5.74, 6) is -2.52. The van der Waals surface area contributed by atoms with Crippen molar-refractivity contribution in [2.75, 3.05) is 13.2 Å². The Morgan fingerprint density at radius 2 is 1.92 bits per heavy atom. The second-order valence-electron chi connectivity index (χ2n) is 11.7. The first-order valence-corrected chi connectivity index (χ1v) is 18.2. The molecule has 3 aromatic carbocycles. The van der Waals surface area contributed by atoms with Crippen LogP contribution in [0, 0.1) is 12.7 Å². The third kappa shape index (κ3) is 8.11. The molecule has 0 saturated carbocycles. The maximum absolute atomic E-state index is 13.9. The topological polar surface area (TPSA) is 201 Å². The maximum Gasteiger partial charge on any atom is 0.343 e. The number of aromatic carboxylic acids is 1. The van der Waals surface area contributed by atoms with Gasteiger partial charge in [-0.15, -0.1) is 0 Å². The van der Waals surface area contributed by atoms with Gasteiger partial charge < -0.3 is 20.3 Å². The number of rotatable bonds is 14. The van der Waals surface area contributed by atoms with Crippen LogP contribution in [0.15, 0.2) is 70.6 Å². The number of phenols is 1. The zero-order chi connectivity index (χ0) is 34.6. The fourth-order valence-corrected chi connectivity index (χ4v) is 8.53. The van der Waals surface area contributed by atoms with Gasteiger partial charge in [0, 0.05) is 6.04 Å². The summed E-state index contributed by atoms with van der Waals surface area (Å²) in [5, 5.41) is 21.5. The summed E-state index contributed by atoms with van der Waals surface area (Å²) in [6, 6.07) is 12.9. The molecular weight excluding hydrogens is 668 g/mol. The van der Waals surface area contributed by atoms with E-state index in [9.17, 15) is 41.0 Å². The van der Waals surface area contributed by atoms with Gasteiger partial charge in [-0.05, 0) is 79.6 Å². The molecule has 0 bridgehead atoms. The van der Waals surface area contributed by atoms with Crippen molar-refractivity contribution in [1.29, 1.82) is 0 Å². The lowest BCUT2D eigenvalue weighted by Crippen LogP contribution is -2.48. The fraction of sp³-hybridized carbons (Fsp3) is 0.344. The number of carboxylic acid groups (broad SMARTS) is 1. The van der Waals surface area contributed by atoms with Gasteiger partial charge in [-0.3, -0.25) is 14.5 Å². The summed E-state index contributed by atoms with van der Waals surface area (Å²) in [5.41, 5.74) is 1.46. The van der Waals surface area contributed by atoms with E-state index in [0.717, 1.165) is 12.1 Å². The summed E-state index contributed by atoms with van der Waals surface area (Å²) in [6.07, 6.45) is 1.82. The summed E-state index contributed by atoms with van der Waals surface area (Å²) >= 11 is 0. The van der Waals surface area contributed by atoms with E-state index in [0.29, 0.717) is 48.3 Å². The zero-order valence-electron chi connectivity index (χ0n) is 25.8. The van der Waals surface area contributed by atoms with Crippen LogP contribution in [0.5, 0.6) is 11.5 Å². The van der Waals surface area contributed by atoms with Crippen molar-refractivity contribution in [2.45, 2.75) is 61.3 Å². The van der Waals surface area contributed by atoms with Crippen molar-refractivity contribution in [3.8, 4) is 11.5 Å². The lowest BCUT2D eigenvalue weighted by Gasteiger charge is -2.22. The Labute approximate surface area is 277 Å². The summed E-state index contributed by atoms with van der Waals surface area (Å²) in [6.45, 7) is 2.29. The Kier molecular flexibility index (Phi) is 10.4. The number of unbranched alkanes of at least 4 members (excludes halogenated alkanes) is 1. The number of amides is 1. The number of benzene rings is 3. The number of carbonyl (C=O) groups is 2. The molecule has 0 spiro atoms. The van der Waals surface area contributed by atoms with Crippen molar-refractivity contribution in [2.24, 2.45) is 4.99 Å². The number of hydrogen-bond donors (Lipinski definition) is 5. The van der Waals surface area contributed by atoms with E-state index in [1.54, 1.807) is 25.1 Å². The van der Waals surface area contributed by atoms with E-state index in [1.165, 1.54) is 30.3 Å². The van der Waals surface area contributed by atoms with Gasteiger partial charge in [0.05, 0.1) is 30.5 Å². The predicted octanol–water partition coefficient (Wildman–Crippen LogP) is 2.94. The van der Waals surface area contributed by atoms with Crippen LogP contribution in [0.3, 0.4) is 0 Å². The second-order valence-corrected chi connectivity index (χ2v) is 15.2. The Hall–Kier alpha value is -4.54. The van der Waals surface area contributed by atoms with E-state index in [-0.39, 0.29) is 47.4 Å². The normalized spacial score (nSPS) is 19.3. The van der Waals surface area contributed by atoms with Crippen molar-refractivity contribution in [3.05, 3.63) is 88.7 Å². The second kappa shape index (κ2) is 14.3. The van der Waals surface area contributed by atoms with Crippen LogP contribution in [0.25, 0.3) is 0 Å². The number of nitrogens with one attached hydrogen (secondary N) is 3. The average molecular weight is 703 g/mol. The Balaban J connectivity index is 1.26. The van der Waals surface area contributed by atoms with Gasteiger partial charge in [-0.25, -0.2) is 30.7 Å². The summed E-state index contributed by atoms with van der Waals surface area (Å²) < 4.78 is 75.7. The van der Waals surface area contributed by atoms with Crippen molar-refractivity contribution in [1.82, 2.24) is 14.8 Å². The van der Waals surface area contributed by atoms with Gasteiger partial charge in [-0.1, -0.05) is 30.3 Å². The SMILES string of the molecule is Cc1cc(CC(NS(=O)(=O)c2cccc(F)c2)C2=NC[C@@H](CCCCOc3cccc(O)c3C(=O)O)N2)ccc1C1CC(=O)NS1(=O)=O. The minimum atomic E-state index is -4.19. The molecule has 2 aliphatic rings. The van der Waals surface area contributed by atoms with E-state index in [4.69, 9.17) is 4.74 Å². The molecule has 2 heterocycles. The number of amidine groups is 1. The van der Waals surface area contributed by atoms with Crippen LogP contribution in [0.1, 0.15) is 58.0 Å². The molecule has 48 heavy (non-hydrogen) atoms. The minimum Gasteiger partial charge on any atom is -0.507 e. The third-order valence-corrected chi connectivity index (χ3v) is 11.3. The first kappa shape index (κ1) is 34.8. The smallest absolute Gasteiger partial charge is 0.343 e. The van der Waals surface area contributed by atoms with Crippen LogP contribution >= 0.6 is 0 Å². The number of sulfonamides is 2. The lowest BCUT2D eigenvalue weighted by molar-refractivity contribution is -0.118. The molecular formula is C32H35FN4O9S2. The molecule has 13 nitrogen and oxygen atoms in total. The number of halogens is 1. The van der Waals surface area contributed by atoms with Gasteiger partial charge in [0.15, 0.2) is 0 Å². The summed E-state index contributed by atoms with van der Waals surface area (Å²) in [7, 11) is -8.04. The van der Waals surface area contributed by atoms with Crippen molar-refractivity contribution >= 4 is 37.8 Å². The lowest BCUT2D eigenvalue weighted by atomic mass is 9.97. The van der Waals surface area contributed by atoms with Crippen LogP contribution in [-0.2, 0) is 31.3 Å². The van der Waals surface area contributed by atoms with Gasteiger partial charge in [-0.2, -0.15) is 0 Å². The minimum absolute atomic E-state index is 0.0684. The molecule has 5 rings (SSSR count). The highest BCUT2D eigenvalue weighted by molar-refractivity contribution is 7.90. The Bertz CT molecular complexity index is 1970. The molecule has 0 aliphatic carbocycles. The molecule has 2 unspecified atom stereocenters. The van der Waals surface area contributed by atoms with E-state index >= 15 is 0 Å². The largest absolute Gasteiger partial charge is 0.507 e. The van der Waals surface area contributed by atoms with Crippen molar-refractivity contribution < 1.29 is 45.8 Å². The highest BCUT2D eigenvalue weighted by Crippen LogP contribution is 2.33. The highest BCUT2D eigenvalue weighted by Gasteiger charge is 2.38. The average Bonchev–Trinajstić information content (AvgIpc) is 3.59. The molecule has 2 aliphatic heterocycles. The predicted molar refractivity (Wildman–Crippen MR) is 173 cm³/mol. The Morgan fingerprint density at radius 1 is 1.15 bits per heavy atom. The van der Waals surface area contributed by atoms with Crippen LogP contribution in [0.4, 0.5) is 4.39 Å². The van der Waals surface area contributed by atoms with Crippen LogP contribution in [0.2, 0.25) is 0 Å². The molecule has 16 heteroatoms. The highest BCUT2D eigenvalue weighted by atomic mass is 32.2. The maximum atomic E-state index is 13.9. The number of nitrogens with zero attached hydrogens (tertiary/aromatic N) is 1. The van der Waals surface area contributed by atoms with Gasteiger partial charge >= 0.3 is 5.97 Å². The van der Waals surface area contributed by atoms with Gasteiger partial charge in [0.2, 0.25) is 26.0 Å². The molecule has 1 amide bonds. The van der Waals surface area contributed by atoms with Gasteiger partial charge in [0.25, 0.3) is 0 Å². The number of carboxylic acids is 1. The zero-order valence-corrected chi connectivity index (χ0v) is 27.5. The first-order chi connectivity index (χ1) is 22.7. The number of aryl methyl sites for hydroxylation is 1. The number of aromatic hydroxyl groups is 1. The molecule has 0 aromatic heterocycles. The molecule has 3 aromatic rings. The number of aliphatic imine (C=N–C) groups is 1. The van der Waals surface area contributed by atoms with Gasteiger partial charge in [0.1, 0.15) is 34.0 Å². The van der Waals surface area contributed by atoms with E-state index in [2.05, 4.69) is 15.0 Å². The molecule has 5 N–H and O–H groups in total. The molecule has 256 valence electrons. The Morgan fingerprint density at radius 3 is 2.60 bits per heavy atom. The van der Waals surface area contributed by atoms with Crippen molar-refractivity contribution in [3.63, 3.8) is 0 Å². The number of ether oxygens (including phenoxy) is 1. The van der Waals surface area contributed by atoms with E-state index in [1.807, 2.05) is 4.72 Å². The van der Waals surface area contributed by atoms with Crippen LogP contribution in [-0.4, -0.2) is 70.0 Å². The quantitative estimate of drug-likeness (QED) is 0.156.